The van der Waals surface area contributed by atoms with Crippen LogP contribution in [-0.4, -0.2) is 70.5 Å². The van der Waals surface area contributed by atoms with Gasteiger partial charge in [0.25, 0.3) is 5.91 Å². The van der Waals surface area contributed by atoms with Gasteiger partial charge in [0.05, 0.1) is 10.5 Å². The predicted octanol–water partition coefficient (Wildman–Crippen LogP) is 11.8. The lowest BCUT2D eigenvalue weighted by molar-refractivity contribution is -0.0855. The van der Waals surface area contributed by atoms with Crippen molar-refractivity contribution in [1.29, 1.82) is 0 Å². The van der Waals surface area contributed by atoms with E-state index in [0.717, 1.165) is 82.0 Å². The Morgan fingerprint density at radius 2 is 1.69 bits per heavy atom. The highest BCUT2D eigenvalue weighted by atomic mass is 35.5. The van der Waals surface area contributed by atoms with Gasteiger partial charge in [-0.1, -0.05) is 63.9 Å². The number of rotatable bonds is 12. The Balaban J connectivity index is 0.00000307. The van der Waals surface area contributed by atoms with E-state index < -0.39 is 28.0 Å². The van der Waals surface area contributed by atoms with Crippen LogP contribution < -0.4 is 14.9 Å². The number of benzene rings is 3. The van der Waals surface area contributed by atoms with E-state index in [2.05, 4.69) is 52.7 Å². The molecule has 0 spiro atoms. The molecular weight excluding hydrogens is 837 g/mol. The molecule has 1 saturated heterocycles. The van der Waals surface area contributed by atoms with Crippen molar-refractivity contribution in [3.63, 3.8) is 0 Å². The molecule has 3 aromatic carbocycles. The number of carbonyl (C=O) groups is 1. The molecule has 0 radical (unpaired) electrons. The summed E-state index contributed by atoms with van der Waals surface area (Å²) in [6.07, 6.45) is 7.61. The summed E-state index contributed by atoms with van der Waals surface area (Å²) in [6, 6.07) is 19.7. The molecule has 1 aliphatic heterocycles. The number of piperazine rings is 1. The second kappa shape index (κ2) is 20.2. The molecule has 4 aliphatic rings. The maximum absolute atomic E-state index is 13.8. The molecule has 3 aliphatic carbocycles. The van der Waals surface area contributed by atoms with Crippen LogP contribution in [-0.2, 0) is 11.0 Å². The highest BCUT2D eigenvalue weighted by molar-refractivity contribution is 8.00. The van der Waals surface area contributed by atoms with Crippen LogP contribution in [0.4, 0.5) is 24.5 Å². The summed E-state index contributed by atoms with van der Waals surface area (Å²) in [7, 11) is -2.09. The third kappa shape index (κ3) is 12.6. The molecule has 3 fully saturated rings. The summed E-state index contributed by atoms with van der Waals surface area (Å²) in [5, 5.41) is 15.0. The van der Waals surface area contributed by atoms with Crippen LogP contribution in [0.5, 0.6) is 0 Å². The molecule has 334 valence electrons. The molecule has 6 unspecified atom stereocenters. The maximum Gasteiger partial charge on any atom is 0.446 e. The molecule has 1 heterocycles. The van der Waals surface area contributed by atoms with Crippen molar-refractivity contribution in [2.75, 3.05) is 49.5 Å². The minimum atomic E-state index is -4.57. The lowest BCUT2D eigenvalue weighted by Gasteiger charge is -2.53. The summed E-state index contributed by atoms with van der Waals surface area (Å²) in [5.74, 6) is 1.61. The Labute approximate surface area is 373 Å². The Morgan fingerprint density at radius 3 is 2.34 bits per heavy atom. The zero-order valence-electron chi connectivity index (χ0n) is 36.5. The summed E-state index contributed by atoms with van der Waals surface area (Å²) in [5.41, 5.74) is 0.252. The molecule has 3 N–H and O–H groups in total. The number of hydrogen-bond acceptors (Lipinski definition) is 7. The fourth-order valence-corrected chi connectivity index (χ4v) is 12.4. The van der Waals surface area contributed by atoms with E-state index in [1.165, 1.54) is 41.3 Å². The number of nitrogens with zero attached hydrogens (tertiary/aromatic N) is 2. The molecular formula is C48H64ClF3N4O3S2. The number of fused-ring (bicyclic) bond motifs is 2. The molecule has 6 atom stereocenters. The molecule has 7 nitrogen and oxygen atoms in total. The second-order valence-corrected chi connectivity index (χ2v) is 21.2. The number of anilines is 2. The van der Waals surface area contributed by atoms with E-state index in [0.29, 0.717) is 47.9 Å². The number of amides is 1. The van der Waals surface area contributed by atoms with E-state index in [1.54, 1.807) is 12.1 Å². The molecule has 7 rings (SSSR count). The van der Waals surface area contributed by atoms with Gasteiger partial charge in [0, 0.05) is 66.1 Å². The second-order valence-electron chi connectivity index (χ2n) is 18.4. The van der Waals surface area contributed by atoms with E-state index in [9.17, 15) is 27.3 Å². The minimum Gasteiger partial charge on any atom is -0.390 e. The number of hydrogen-bond donors (Lipinski definition) is 3. The molecule has 1 amide bonds. The number of halogens is 4. The number of alkyl halides is 3. The predicted molar refractivity (Wildman–Crippen MR) is 247 cm³/mol. The van der Waals surface area contributed by atoms with E-state index in [-0.39, 0.29) is 27.0 Å². The van der Waals surface area contributed by atoms with Crippen molar-refractivity contribution >= 4 is 57.2 Å². The van der Waals surface area contributed by atoms with Gasteiger partial charge in [0.1, 0.15) is 0 Å². The van der Waals surface area contributed by atoms with Crippen LogP contribution in [0.3, 0.4) is 0 Å². The van der Waals surface area contributed by atoms with Gasteiger partial charge in [-0.05, 0) is 165 Å². The first-order chi connectivity index (χ1) is 28.9. The topological polar surface area (TPSA) is 84.9 Å². The van der Waals surface area contributed by atoms with Crippen molar-refractivity contribution < 1.29 is 27.3 Å². The first kappa shape index (κ1) is 47.4. The maximum atomic E-state index is 13.8. The average Bonchev–Trinajstić information content (AvgIpc) is 3.20. The monoisotopic (exact) mass is 900 g/mol. The van der Waals surface area contributed by atoms with Crippen molar-refractivity contribution in [2.24, 2.45) is 29.1 Å². The van der Waals surface area contributed by atoms with Gasteiger partial charge in [-0.25, -0.2) is 4.21 Å². The molecule has 2 bridgehead atoms. The number of carbonyl (C=O) groups excluding carboxylic acids is 1. The third-order valence-corrected chi connectivity index (χ3v) is 15.2. The number of aliphatic hydroxyl groups is 1. The largest absolute Gasteiger partial charge is 0.446 e. The Kier molecular flexibility index (Phi) is 15.7. The van der Waals surface area contributed by atoms with Gasteiger partial charge >= 0.3 is 5.51 Å². The summed E-state index contributed by atoms with van der Waals surface area (Å²) in [4.78, 5) is 18.0. The van der Waals surface area contributed by atoms with Crippen molar-refractivity contribution in [3.8, 4) is 0 Å². The fraction of sp³-hybridized carbons (Fsp3) is 0.562. The summed E-state index contributed by atoms with van der Waals surface area (Å²) >= 11 is 5.94. The van der Waals surface area contributed by atoms with Crippen LogP contribution in [0, 0.1) is 29.1 Å². The van der Waals surface area contributed by atoms with E-state index in [4.69, 9.17) is 11.6 Å². The normalized spacial score (nSPS) is 26.4. The van der Waals surface area contributed by atoms with Crippen LogP contribution in [0.2, 0.25) is 5.02 Å². The van der Waals surface area contributed by atoms with Gasteiger partial charge in [-0.15, -0.1) is 0 Å². The van der Waals surface area contributed by atoms with Crippen LogP contribution in [0.1, 0.15) is 109 Å². The van der Waals surface area contributed by atoms with Gasteiger partial charge in [-0.2, -0.15) is 13.2 Å². The van der Waals surface area contributed by atoms with Gasteiger partial charge in [0.2, 0.25) is 0 Å². The van der Waals surface area contributed by atoms with Crippen LogP contribution in [0.15, 0.2) is 82.1 Å². The standard InChI is InChI=1S/C46H58ClF3N4O3S2.C2H6/c1-30(2)35-9-15-40(33-5-10-37(47)11-6-33)36(22-35)27-53-17-19-54(20-18-53)38-12-7-34(8-13-38)43(55)52-59(57)39-14-16-41(42(23-39)58-46(48,49)50)51-29-45-24-31(3)21-32(26-45)25-44(4,56)28-45;1-2/h5-8,10-14,16,23,30-32,35,51,56H,9,15,17-22,24-29H2,1-4H3,(H,52,55);1-2H3. The lowest BCUT2D eigenvalue weighted by Crippen LogP contribution is -2.50. The Bertz CT molecular complexity index is 2020. The molecule has 0 aromatic heterocycles. The van der Waals surface area contributed by atoms with Crippen LogP contribution >= 0.6 is 23.4 Å². The van der Waals surface area contributed by atoms with Gasteiger partial charge < -0.3 is 15.3 Å². The quantitative estimate of drug-likeness (QED) is 0.156. The first-order valence-electron chi connectivity index (χ1n) is 22.1. The first-order valence-corrected chi connectivity index (χ1v) is 24.4. The molecule has 3 aromatic rings. The average molecular weight is 902 g/mol. The SMILES string of the molecule is CC.CC1CC2CC(C)(O)CC(CNc3ccc(S(=O)NC(=O)c4ccc(N5CCN(CC6=C(c7ccc(Cl)cc7)CCC(C(C)C)C6)CC5)cc4)cc3SC(F)(F)F)(C1)C2. The number of thioether (sulfide) groups is 1. The number of nitrogens with one attached hydrogen (secondary N) is 2. The molecule has 61 heavy (non-hydrogen) atoms. The minimum absolute atomic E-state index is 0.0688. The fourth-order valence-electron chi connectivity index (χ4n) is 10.7. The zero-order chi connectivity index (χ0) is 44.1. The molecule has 13 heteroatoms. The Morgan fingerprint density at radius 1 is 1.00 bits per heavy atom. The van der Waals surface area contributed by atoms with E-state index in [1.807, 2.05) is 45.0 Å². The number of allylic oxidation sites excluding steroid dienone is 1. The van der Waals surface area contributed by atoms with E-state index >= 15 is 0 Å². The summed E-state index contributed by atoms with van der Waals surface area (Å²) in [6.45, 7) is 17.6. The van der Waals surface area contributed by atoms with Crippen molar-refractivity contribution in [3.05, 3.63) is 88.5 Å². The van der Waals surface area contributed by atoms with Gasteiger partial charge in [0.15, 0.2) is 11.0 Å². The van der Waals surface area contributed by atoms with Crippen molar-refractivity contribution in [2.45, 2.75) is 114 Å². The highest BCUT2D eigenvalue weighted by Gasteiger charge is 2.49. The van der Waals surface area contributed by atoms with Crippen LogP contribution in [0.25, 0.3) is 5.57 Å². The third-order valence-electron chi connectivity index (χ3n) is 13.1. The summed E-state index contributed by atoms with van der Waals surface area (Å²) < 4.78 is 57.2. The van der Waals surface area contributed by atoms with Crippen molar-refractivity contribution in [1.82, 2.24) is 9.62 Å². The zero-order valence-corrected chi connectivity index (χ0v) is 38.9. The lowest BCUT2D eigenvalue weighted by atomic mass is 9.55. The van der Waals surface area contributed by atoms with Gasteiger partial charge in [-0.3, -0.25) is 14.4 Å². The molecule has 2 saturated carbocycles. The Hall–Kier alpha value is -3.03. The highest BCUT2D eigenvalue weighted by Crippen LogP contribution is 2.54. The smallest absolute Gasteiger partial charge is 0.390 e.